The van der Waals surface area contributed by atoms with E-state index in [1.807, 2.05) is 17.4 Å². The van der Waals surface area contributed by atoms with Gasteiger partial charge in [0.2, 0.25) is 0 Å². The van der Waals surface area contributed by atoms with Crippen LogP contribution in [-0.2, 0) is 12.1 Å². The second kappa shape index (κ2) is 7.02. The second-order valence-electron chi connectivity index (χ2n) is 8.33. The fourth-order valence-corrected chi connectivity index (χ4v) is 6.02. The lowest BCUT2D eigenvalue weighted by Crippen LogP contribution is -2.47. The first-order chi connectivity index (χ1) is 12.5. The molecule has 0 bridgehead atoms. The van der Waals surface area contributed by atoms with E-state index in [9.17, 15) is 4.39 Å². The van der Waals surface area contributed by atoms with Gasteiger partial charge >= 0.3 is 0 Å². The standard InChI is InChI=1S/C21H28FN3S/c1-24(2)21(19-4-3-13-26-19)9-7-20(8-10-21)11-12-25(16-20)15-18-6-5-17(22)14-23-18/h3-6,13-14H,7-12,15-16H2,1-2H3. The van der Waals surface area contributed by atoms with Crippen molar-refractivity contribution in [1.82, 2.24) is 14.8 Å². The second-order valence-corrected chi connectivity index (χ2v) is 9.28. The van der Waals surface area contributed by atoms with E-state index in [4.69, 9.17) is 0 Å². The van der Waals surface area contributed by atoms with Crippen molar-refractivity contribution in [3.05, 3.63) is 52.2 Å². The predicted octanol–water partition coefficient (Wildman–Crippen LogP) is 4.51. The summed E-state index contributed by atoms with van der Waals surface area (Å²) < 4.78 is 13.1. The first kappa shape index (κ1) is 18.1. The molecule has 2 aliphatic rings. The van der Waals surface area contributed by atoms with Crippen LogP contribution >= 0.6 is 11.3 Å². The maximum Gasteiger partial charge on any atom is 0.141 e. The molecule has 3 nitrogen and oxygen atoms in total. The molecular weight excluding hydrogens is 345 g/mol. The molecule has 5 heteroatoms. The summed E-state index contributed by atoms with van der Waals surface area (Å²) in [6.45, 7) is 3.12. The minimum atomic E-state index is -0.257. The highest BCUT2D eigenvalue weighted by molar-refractivity contribution is 7.10. The summed E-state index contributed by atoms with van der Waals surface area (Å²) in [6.07, 6.45) is 7.66. The maximum absolute atomic E-state index is 13.1. The predicted molar refractivity (Wildman–Crippen MR) is 105 cm³/mol. The summed E-state index contributed by atoms with van der Waals surface area (Å²) in [6, 6.07) is 7.82. The van der Waals surface area contributed by atoms with Gasteiger partial charge in [-0.1, -0.05) is 6.07 Å². The van der Waals surface area contributed by atoms with Crippen molar-refractivity contribution in [3.63, 3.8) is 0 Å². The van der Waals surface area contributed by atoms with E-state index < -0.39 is 0 Å². The molecular formula is C21H28FN3S. The van der Waals surface area contributed by atoms with Gasteiger partial charge in [-0.25, -0.2) is 4.39 Å². The molecule has 1 saturated heterocycles. The third-order valence-electron chi connectivity index (χ3n) is 6.67. The lowest BCUT2D eigenvalue weighted by Gasteiger charge is -2.48. The van der Waals surface area contributed by atoms with Gasteiger partial charge in [0.1, 0.15) is 5.82 Å². The Hall–Kier alpha value is -1.30. The van der Waals surface area contributed by atoms with Gasteiger partial charge in [0.05, 0.1) is 17.4 Å². The molecule has 0 N–H and O–H groups in total. The Morgan fingerprint density at radius 2 is 1.96 bits per heavy atom. The fourth-order valence-electron chi connectivity index (χ4n) is 4.95. The van der Waals surface area contributed by atoms with Crippen LogP contribution in [0.2, 0.25) is 0 Å². The Morgan fingerprint density at radius 3 is 2.58 bits per heavy atom. The van der Waals surface area contributed by atoms with E-state index in [1.165, 1.54) is 49.2 Å². The smallest absolute Gasteiger partial charge is 0.141 e. The molecule has 1 aliphatic carbocycles. The van der Waals surface area contributed by atoms with Crippen LogP contribution in [0.1, 0.15) is 42.7 Å². The van der Waals surface area contributed by atoms with Crippen LogP contribution in [-0.4, -0.2) is 42.0 Å². The quantitative estimate of drug-likeness (QED) is 0.786. The first-order valence-corrected chi connectivity index (χ1v) is 10.4. The highest BCUT2D eigenvalue weighted by Gasteiger charge is 2.47. The van der Waals surface area contributed by atoms with Gasteiger partial charge in [-0.2, -0.15) is 0 Å². The third kappa shape index (κ3) is 3.32. The topological polar surface area (TPSA) is 19.4 Å². The van der Waals surface area contributed by atoms with Crippen molar-refractivity contribution in [2.24, 2.45) is 5.41 Å². The Bertz CT molecular complexity index is 718. The zero-order valence-electron chi connectivity index (χ0n) is 15.7. The number of hydrogen-bond acceptors (Lipinski definition) is 4. The normalized spacial score (nSPS) is 29.7. The Kier molecular flexibility index (Phi) is 4.88. The molecule has 26 heavy (non-hydrogen) atoms. The summed E-state index contributed by atoms with van der Waals surface area (Å²) in [5.41, 5.74) is 1.64. The Morgan fingerprint density at radius 1 is 1.15 bits per heavy atom. The van der Waals surface area contributed by atoms with E-state index in [-0.39, 0.29) is 11.4 Å². The molecule has 1 spiro atoms. The molecule has 0 unspecified atom stereocenters. The van der Waals surface area contributed by atoms with Crippen molar-refractivity contribution < 1.29 is 4.39 Å². The van der Waals surface area contributed by atoms with Crippen LogP contribution < -0.4 is 0 Å². The minimum Gasteiger partial charge on any atom is -0.299 e. The van der Waals surface area contributed by atoms with E-state index in [0.717, 1.165) is 25.3 Å². The summed E-state index contributed by atoms with van der Waals surface area (Å²) in [5, 5.41) is 2.21. The number of pyridine rings is 1. The van der Waals surface area contributed by atoms with Gasteiger partial charge in [-0.15, -0.1) is 11.3 Å². The molecule has 2 aromatic rings. The number of aromatic nitrogens is 1. The number of likely N-dealkylation sites (tertiary alicyclic amines) is 1. The van der Waals surface area contributed by atoms with Crippen LogP contribution in [0, 0.1) is 11.2 Å². The van der Waals surface area contributed by atoms with E-state index in [1.54, 1.807) is 0 Å². The fraction of sp³-hybridized carbons (Fsp3) is 0.571. The highest BCUT2D eigenvalue weighted by Crippen LogP contribution is 2.52. The molecule has 1 saturated carbocycles. The SMILES string of the molecule is CN(C)C1(c2cccs2)CCC2(CCN(Cc3ccc(F)cn3)C2)CC1. The molecule has 0 radical (unpaired) electrons. The summed E-state index contributed by atoms with van der Waals surface area (Å²) in [7, 11) is 4.47. The molecule has 0 amide bonds. The molecule has 140 valence electrons. The van der Waals surface area contributed by atoms with E-state index in [0.29, 0.717) is 5.41 Å². The summed E-state index contributed by atoms with van der Waals surface area (Å²) >= 11 is 1.90. The molecule has 4 rings (SSSR count). The Labute approximate surface area is 159 Å². The van der Waals surface area contributed by atoms with Gasteiger partial charge in [0.15, 0.2) is 0 Å². The average molecular weight is 374 g/mol. The van der Waals surface area contributed by atoms with Crippen molar-refractivity contribution in [2.45, 2.75) is 44.2 Å². The largest absolute Gasteiger partial charge is 0.299 e. The third-order valence-corrected chi connectivity index (χ3v) is 7.73. The molecule has 3 heterocycles. The van der Waals surface area contributed by atoms with E-state index in [2.05, 4.69) is 46.4 Å². The molecule has 1 aliphatic heterocycles. The number of rotatable bonds is 4. The van der Waals surface area contributed by atoms with Crippen LogP contribution in [0.4, 0.5) is 4.39 Å². The number of nitrogens with zero attached hydrogens (tertiary/aromatic N) is 3. The van der Waals surface area contributed by atoms with Crippen LogP contribution in [0.25, 0.3) is 0 Å². The van der Waals surface area contributed by atoms with Gasteiger partial charge in [-0.05, 0) is 81.7 Å². The molecule has 0 aromatic carbocycles. The van der Waals surface area contributed by atoms with Gasteiger partial charge in [0.25, 0.3) is 0 Å². The summed E-state index contributed by atoms with van der Waals surface area (Å²) in [5.74, 6) is -0.257. The zero-order chi connectivity index (χ0) is 18.2. The first-order valence-electron chi connectivity index (χ1n) is 9.56. The number of thiophene rings is 1. The maximum atomic E-state index is 13.1. The van der Waals surface area contributed by atoms with Crippen molar-refractivity contribution in [3.8, 4) is 0 Å². The molecule has 2 aromatic heterocycles. The number of hydrogen-bond donors (Lipinski definition) is 0. The molecule has 0 atom stereocenters. The van der Waals surface area contributed by atoms with Crippen LogP contribution in [0.3, 0.4) is 0 Å². The minimum absolute atomic E-state index is 0.214. The van der Waals surface area contributed by atoms with Crippen molar-refractivity contribution in [1.29, 1.82) is 0 Å². The van der Waals surface area contributed by atoms with Gasteiger partial charge < -0.3 is 0 Å². The van der Waals surface area contributed by atoms with Crippen molar-refractivity contribution >= 4 is 11.3 Å². The molecule has 2 fully saturated rings. The van der Waals surface area contributed by atoms with Gasteiger partial charge in [0, 0.05) is 18.0 Å². The van der Waals surface area contributed by atoms with E-state index >= 15 is 0 Å². The lowest BCUT2D eigenvalue weighted by molar-refractivity contribution is 0.0404. The zero-order valence-corrected chi connectivity index (χ0v) is 16.6. The van der Waals surface area contributed by atoms with Crippen LogP contribution in [0.15, 0.2) is 35.8 Å². The number of halogens is 1. The Balaban J connectivity index is 1.42. The lowest BCUT2D eigenvalue weighted by atomic mass is 9.66. The average Bonchev–Trinajstić information content (AvgIpc) is 3.29. The highest BCUT2D eigenvalue weighted by atomic mass is 32.1. The van der Waals surface area contributed by atoms with Crippen molar-refractivity contribution in [2.75, 3.05) is 27.2 Å². The van der Waals surface area contributed by atoms with Crippen LogP contribution in [0.5, 0.6) is 0 Å². The van der Waals surface area contributed by atoms with Gasteiger partial charge in [-0.3, -0.25) is 14.8 Å². The summed E-state index contributed by atoms with van der Waals surface area (Å²) in [4.78, 5) is 10.7. The monoisotopic (exact) mass is 373 g/mol.